The first-order valence-electron chi connectivity index (χ1n) is 6.71. The molecule has 0 spiro atoms. The van der Waals surface area contributed by atoms with Gasteiger partial charge in [0.2, 0.25) is 0 Å². The lowest BCUT2D eigenvalue weighted by atomic mass is 10.0. The van der Waals surface area contributed by atoms with E-state index >= 15 is 0 Å². The van der Waals surface area contributed by atoms with Crippen LogP contribution in [0.5, 0.6) is 0 Å². The smallest absolute Gasteiger partial charge is 0.127 e. The Bertz CT molecular complexity index is 526. The summed E-state index contributed by atoms with van der Waals surface area (Å²) in [5.74, 6) is 1.99. The molecular weight excluding hydrogens is 222 g/mol. The normalized spacial score (nSPS) is 13.7. The molecule has 0 saturated carbocycles. The van der Waals surface area contributed by atoms with Gasteiger partial charge >= 0.3 is 0 Å². The monoisotopic (exact) mass is 245 g/mol. The molecule has 0 aliphatic heterocycles. The van der Waals surface area contributed by atoms with Crippen LogP contribution in [0, 0.1) is 11.8 Å². The molecule has 0 bridgehead atoms. The van der Waals surface area contributed by atoms with Crippen LogP contribution in [0.1, 0.15) is 39.6 Å². The molecule has 0 saturated heterocycles. The second kappa shape index (κ2) is 5.11. The highest BCUT2D eigenvalue weighted by Crippen LogP contribution is 2.24. The summed E-state index contributed by atoms with van der Waals surface area (Å²) in [5.41, 5.74) is 8.53. The average molecular weight is 245 g/mol. The topological polar surface area (TPSA) is 43.8 Å². The highest BCUT2D eigenvalue weighted by Gasteiger charge is 2.19. The highest BCUT2D eigenvalue weighted by atomic mass is 15.1. The summed E-state index contributed by atoms with van der Waals surface area (Å²) in [6.45, 7) is 9.70. The average Bonchev–Trinajstić information content (AvgIpc) is 2.66. The Morgan fingerprint density at radius 1 is 1.17 bits per heavy atom. The van der Waals surface area contributed by atoms with Crippen molar-refractivity contribution in [1.82, 2.24) is 9.55 Å². The van der Waals surface area contributed by atoms with Crippen molar-refractivity contribution in [2.24, 2.45) is 17.6 Å². The minimum absolute atomic E-state index is 0.00356. The van der Waals surface area contributed by atoms with E-state index in [-0.39, 0.29) is 6.04 Å². The molecule has 0 radical (unpaired) electrons. The number of fused-ring (bicyclic) bond motifs is 1. The lowest BCUT2D eigenvalue weighted by molar-refractivity contribution is 0.443. The minimum atomic E-state index is -0.00356. The molecular formula is C15H23N3. The Hall–Kier alpha value is -1.35. The summed E-state index contributed by atoms with van der Waals surface area (Å²) >= 11 is 0. The number of hydrogen-bond donors (Lipinski definition) is 1. The molecule has 1 aromatic carbocycles. The van der Waals surface area contributed by atoms with Crippen LogP contribution in [0.15, 0.2) is 24.3 Å². The van der Waals surface area contributed by atoms with E-state index in [0.29, 0.717) is 11.8 Å². The van der Waals surface area contributed by atoms with E-state index in [4.69, 9.17) is 10.7 Å². The molecule has 3 nitrogen and oxygen atoms in total. The van der Waals surface area contributed by atoms with Gasteiger partial charge in [-0.3, -0.25) is 0 Å². The van der Waals surface area contributed by atoms with E-state index in [9.17, 15) is 0 Å². The van der Waals surface area contributed by atoms with Crippen LogP contribution in [0.3, 0.4) is 0 Å². The van der Waals surface area contributed by atoms with Crippen molar-refractivity contribution in [3.63, 3.8) is 0 Å². The molecule has 1 atom stereocenters. The zero-order chi connectivity index (χ0) is 13.3. The van der Waals surface area contributed by atoms with Crippen LogP contribution in [-0.4, -0.2) is 9.55 Å². The van der Waals surface area contributed by atoms with Crippen molar-refractivity contribution >= 4 is 11.0 Å². The van der Waals surface area contributed by atoms with Crippen LogP contribution in [0.4, 0.5) is 0 Å². The molecule has 98 valence electrons. The van der Waals surface area contributed by atoms with Gasteiger partial charge in [0.15, 0.2) is 0 Å². The van der Waals surface area contributed by atoms with Gasteiger partial charge in [0.05, 0.1) is 17.1 Å². The van der Waals surface area contributed by atoms with Gasteiger partial charge in [-0.1, -0.05) is 39.8 Å². The predicted molar refractivity (Wildman–Crippen MR) is 76.3 cm³/mol. The van der Waals surface area contributed by atoms with E-state index in [0.717, 1.165) is 17.9 Å². The maximum Gasteiger partial charge on any atom is 0.127 e. The largest absolute Gasteiger partial charge is 0.326 e. The number of nitrogens with zero attached hydrogens (tertiary/aromatic N) is 2. The molecule has 0 aliphatic rings. The van der Waals surface area contributed by atoms with Crippen LogP contribution in [0.25, 0.3) is 11.0 Å². The second-order valence-electron chi connectivity index (χ2n) is 5.73. The number of para-hydroxylation sites is 2. The molecule has 1 unspecified atom stereocenters. The van der Waals surface area contributed by atoms with Crippen LogP contribution >= 0.6 is 0 Å². The molecule has 0 amide bonds. The SMILES string of the molecule is CC(C)Cn1c(C(N)C(C)C)nc2ccccc21. The summed E-state index contributed by atoms with van der Waals surface area (Å²) in [7, 11) is 0. The number of nitrogens with two attached hydrogens (primary N) is 1. The van der Waals surface area contributed by atoms with E-state index in [1.165, 1.54) is 5.52 Å². The number of imidazole rings is 1. The molecule has 1 heterocycles. The molecule has 18 heavy (non-hydrogen) atoms. The maximum absolute atomic E-state index is 6.29. The van der Waals surface area contributed by atoms with Crippen LogP contribution < -0.4 is 5.73 Å². The number of benzene rings is 1. The number of hydrogen-bond acceptors (Lipinski definition) is 2. The third-order valence-corrected chi connectivity index (χ3v) is 3.25. The Morgan fingerprint density at radius 2 is 1.83 bits per heavy atom. The summed E-state index contributed by atoms with van der Waals surface area (Å²) < 4.78 is 2.28. The fourth-order valence-electron chi connectivity index (χ4n) is 2.20. The Morgan fingerprint density at radius 3 is 2.44 bits per heavy atom. The highest BCUT2D eigenvalue weighted by molar-refractivity contribution is 5.76. The van der Waals surface area contributed by atoms with Gasteiger partial charge in [-0.25, -0.2) is 4.98 Å². The van der Waals surface area contributed by atoms with Crippen LogP contribution in [-0.2, 0) is 6.54 Å². The summed E-state index contributed by atoms with van der Waals surface area (Å²) in [6, 6.07) is 8.27. The molecule has 1 aromatic heterocycles. The van der Waals surface area contributed by atoms with Gasteiger partial charge in [0.25, 0.3) is 0 Å². The zero-order valence-corrected chi connectivity index (χ0v) is 11.7. The van der Waals surface area contributed by atoms with Crippen molar-refractivity contribution in [1.29, 1.82) is 0 Å². The fourth-order valence-corrected chi connectivity index (χ4v) is 2.20. The van der Waals surface area contributed by atoms with Gasteiger partial charge in [-0.2, -0.15) is 0 Å². The van der Waals surface area contributed by atoms with E-state index in [1.54, 1.807) is 0 Å². The molecule has 2 rings (SSSR count). The van der Waals surface area contributed by atoms with Gasteiger partial charge < -0.3 is 10.3 Å². The third-order valence-electron chi connectivity index (χ3n) is 3.25. The fraction of sp³-hybridized carbons (Fsp3) is 0.533. The van der Waals surface area contributed by atoms with E-state index in [2.05, 4.69) is 50.5 Å². The Kier molecular flexibility index (Phi) is 3.71. The second-order valence-corrected chi connectivity index (χ2v) is 5.73. The first-order valence-corrected chi connectivity index (χ1v) is 6.71. The predicted octanol–water partition coefficient (Wildman–Crippen LogP) is 3.35. The Labute approximate surface area is 109 Å². The lowest BCUT2D eigenvalue weighted by Crippen LogP contribution is -2.22. The maximum atomic E-state index is 6.29. The van der Waals surface area contributed by atoms with Crippen LogP contribution in [0.2, 0.25) is 0 Å². The first-order chi connectivity index (χ1) is 8.50. The Balaban J connectivity index is 2.56. The molecule has 3 heteroatoms. The van der Waals surface area contributed by atoms with Crippen molar-refractivity contribution in [2.75, 3.05) is 0 Å². The van der Waals surface area contributed by atoms with Crippen molar-refractivity contribution in [2.45, 2.75) is 40.3 Å². The van der Waals surface area contributed by atoms with Crippen molar-refractivity contribution in [3.05, 3.63) is 30.1 Å². The summed E-state index contributed by atoms with van der Waals surface area (Å²) in [4.78, 5) is 4.72. The first kappa shape index (κ1) is 13.1. The molecule has 0 aliphatic carbocycles. The third kappa shape index (κ3) is 2.41. The van der Waals surface area contributed by atoms with Gasteiger partial charge in [0, 0.05) is 6.54 Å². The number of rotatable bonds is 4. The summed E-state index contributed by atoms with van der Waals surface area (Å²) in [6.07, 6.45) is 0. The quantitative estimate of drug-likeness (QED) is 0.897. The van der Waals surface area contributed by atoms with E-state index in [1.807, 2.05) is 6.07 Å². The van der Waals surface area contributed by atoms with E-state index < -0.39 is 0 Å². The zero-order valence-electron chi connectivity index (χ0n) is 11.7. The molecule has 0 fully saturated rings. The minimum Gasteiger partial charge on any atom is -0.326 e. The van der Waals surface area contributed by atoms with Gasteiger partial charge in [-0.15, -0.1) is 0 Å². The van der Waals surface area contributed by atoms with Crippen molar-refractivity contribution < 1.29 is 0 Å². The lowest BCUT2D eigenvalue weighted by Gasteiger charge is -2.18. The van der Waals surface area contributed by atoms with Crippen molar-refractivity contribution in [3.8, 4) is 0 Å². The standard InChI is InChI=1S/C15H23N3/c1-10(2)9-18-13-8-6-5-7-12(13)17-15(18)14(16)11(3)4/h5-8,10-11,14H,9,16H2,1-4H3. The molecule has 2 N–H and O–H groups in total. The number of aromatic nitrogens is 2. The summed E-state index contributed by atoms with van der Waals surface area (Å²) in [5, 5.41) is 0. The van der Waals surface area contributed by atoms with Gasteiger partial charge in [0.1, 0.15) is 5.82 Å². The molecule has 2 aromatic rings. The van der Waals surface area contributed by atoms with Gasteiger partial charge in [-0.05, 0) is 24.0 Å².